The molecule has 1 aromatic rings. The lowest BCUT2D eigenvalue weighted by molar-refractivity contribution is -0.132. The van der Waals surface area contributed by atoms with Crippen molar-refractivity contribution < 1.29 is 9.53 Å². The number of para-hydroxylation sites is 1. The maximum atomic E-state index is 12.1. The van der Waals surface area contributed by atoms with Crippen molar-refractivity contribution in [3.63, 3.8) is 0 Å². The van der Waals surface area contributed by atoms with Gasteiger partial charge in [-0.05, 0) is 38.4 Å². The highest BCUT2D eigenvalue weighted by Gasteiger charge is 2.21. The van der Waals surface area contributed by atoms with Crippen molar-refractivity contribution in [2.24, 2.45) is 0 Å². The molecule has 1 aliphatic heterocycles. The molecule has 1 aromatic carbocycles. The lowest BCUT2D eigenvalue weighted by Gasteiger charge is -2.31. The van der Waals surface area contributed by atoms with E-state index >= 15 is 0 Å². The van der Waals surface area contributed by atoms with Gasteiger partial charge in [-0.25, -0.2) is 0 Å². The first kappa shape index (κ1) is 16.1. The van der Waals surface area contributed by atoms with Crippen molar-refractivity contribution in [3.8, 4) is 5.75 Å². The molecule has 0 aliphatic carbocycles. The van der Waals surface area contributed by atoms with E-state index in [1.165, 1.54) is 0 Å². The molecule has 1 aliphatic rings. The molecule has 0 spiro atoms. The Kier molecular flexibility index (Phi) is 6.33. The van der Waals surface area contributed by atoms with E-state index in [9.17, 15) is 4.79 Å². The van der Waals surface area contributed by atoms with Crippen molar-refractivity contribution in [2.75, 3.05) is 26.7 Å². The van der Waals surface area contributed by atoms with Crippen LogP contribution in [0.3, 0.4) is 0 Å². The van der Waals surface area contributed by atoms with Crippen LogP contribution >= 0.6 is 11.6 Å². The van der Waals surface area contributed by atoms with Crippen LogP contribution in [0.15, 0.2) is 24.3 Å². The molecular weight excluding hydrogens is 288 g/mol. The second-order valence-corrected chi connectivity index (χ2v) is 5.73. The summed E-state index contributed by atoms with van der Waals surface area (Å²) < 4.78 is 5.60. The zero-order chi connectivity index (χ0) is 15.1. The van der Waals surface area contributed by atoms with E-state index in [1.807, 2.05) is 30.1 Å². The molecule has 116 valence electrons. The average Bonchev–Trinajstić information content (AvgIpc) is 2.53. The van der Waals surface area contributed by atoms with Gasteiger partial charge in [0.25, 0.3) is 0 Å². The minimum absolute atomic E-state index is 0.229. The highest BCUT2D eigenvalue weighted by molar-refractivity contribution is 6.32. The molecule has 4 nitrogen and oxygen atoms in total. The Morgan fingerprint density at radius 2 is 2.10 bits per heavy atom. The van der Waals surface area contributed by atoms with Gasteiger partial charge in [0.05, 0.1) is 11.6 Å². The number of likely N-dealkylation sites (tertiary alicyclic amines) is 1. The van der Waals surface area contributed by atoms with Gasteiger partial charge in [-0.15, -0.1) is 0 Å². The predicted molar refractivity (Wildman–Crippen MR) is 84.8 cm³/mol. The molecule has 2 rings (SSSR count). The second kappa shape index (κ2) is 8.25. The van der Waals surface area contributed by atoms with Crippen LogP contribution in [0, 0.1) is 0 Å². The topological polar surface area (TPSA) is 41.6 Å². The Balaban J connectivity index is 1.65. The van der Waals surface area contributed by atoms with Gasteiger partial charge in [0.2, 0.25) is 5.91 Å². The van der Waals surface area contributed by atoms with E-state index in [2.05, 4.69) is 5.32 Å². The number of amides is 1. The third kappa shape index (κ3) is 4.90. The highest BCUT2D eigenvalue weighted by atomic mass is 35.5. The summed E-state index contributed by atoms with van der Waals surface area (Å²) in [5, 5.41) is 3.88. The number of benzene rings is 1. The third-order valence-electron chi connectivity index (χ3n) is 3.89. The molecule has 1 amide bonds. The highest BCUT2D eigenvalue weighted by Crippen LogP contribution is 2.23. The van der Waals surface area contributed by atoms with Crippen LogP contribution < -0.4 is 10.1 Å². The number of ether oxygens (including phenoxy) is 1. The van der Waals surface area contributed by atoms with Gasteiger partial charge < -0.3 is 15.0 Å². The van der Waals surface area contributed by atoms with Gasteiger partial charge >= 0.3 is 0 Å². The van der Waals surface area contributed by atoms with Gasteiger partial charge in [0.1, 0.15) is 5.75 Å². The number of carbonyl (C=O) groups excluding carboxylic acids is 1. The van der Waals surface area contributed by atoms with Gasteiger partial charge in [-0.2, -0.15) is 0 Å². The molecule has 0 unspecified atom stereocenters. The zero-order valence-corrected chi connectivity index (χ0v) is 13.2. The fourth-order valence-electron chi connectivity index (χ4n) is 2.54. The maximum Gasteiger partial charge on any atom is 0.222 e. The second-order valence-electron chi connectivity index (χ2n) is 5.33. The van der Waals surface area contributed by atoms with Crippen molar-refractivity contribution in [2.45, 2.75) is 31.7 Å². The number of hydrogen-bond donors (Lipinski definition) is 1. The van der Waals surface area contributed by atoms with Gasteiger partial charge in [0.15, 0.2) is 0 Å². The van der Waals surface area contributed by atoms with Crippen LogP contribution in [-0.4, -0.2) is 43.6 Å². The first-order valence-corrected chi connectivity index (χ1v) is 7.91. The fourth-order valence-corrected chi connectivity index (χ4v) is 2.73. The Hall–Kier alpha value is -1.26. The summed E-state index contributed by atoms with van der Waals surface area (Å²) in [6, 6.07) is 7.95. The molecule has 0 bridgehead atoms. The molecule has 5 heteroatoms. The quantitative estimate of drug-likeness (QED) is 0.821. The number of halogens is 1. The molecular formula is C16H23ClN2O2. The molecule has 1 fully saturated rings. The van der Waals surface area contributed by atoms with E-state index in [4.69, 9.17) is 16.3 Å². The van der Waals surface area contributed by atoms with E-state index in [-0.39, 0.29) is 5.91 Å². The maximum absolute atomic E-state index is 12.1. The van der Waals surface area contributed by atoms with Crippen molar-refractivity contribution in [1.82, 2.24) is 10.2 Å². The number of carbonyl (C=O) groups is 1. The standard InChI is InChI=1S/C16H23ClN2O2/c1-18-13-8-10-19(11-9-13)16(20)7-4-12-21-15-6-3-2-5-14(15)17/h2-3,5-6,13,18H,4,7-12H2,1H3. The summed E-state index contributed by atoms with van der Waals surface area (Å²) in [4.78, 5) is 14.1. The summed E-state index contributed by atoms with van der Waals surface area (Å²) in [6.07, 6.45) is 3.33. The monoisotopic (exact) mass is 310 g/mol. The summed E-state index contributed by atoms with van der Waals surface area (Å²) in [5.41, 5.74) is 0. The third-order valence-corrected chi connectivity index (χ3v) is 4.20. The van der Waals surface area contributed by atoms with Crippen molar-refractivity contribution in [1.29, 1.82) is 0 Å². The molecule has 21 heavy (non-hydrogen) atoms. The van der Waals surface area contributed by atoms with E-state index < -0.39 is 0 Å². The molecule has 1 heterocycles. The van der Waals surface area contributed by atoms with E-state index in [0.717, 1.165) is 32.4 Å². The smallest absolute Gasteiger partial charge is 0.222 e. The first-order valence-electron chi connectivity index (χ1n) is 7.53. The van der Waals surface area contributed by atoms with Crippen LogP contribution in [0.25, 0.3) is 0 Å². The number of nitrogens with zero attached hydrogens (tertiary/aromatic N) is 1. The number of rotatable bonds is 6. The molecule has 0 radical (unpaired) electrons. The SMILES string of the molecule is CNC1CCN(C(=O)CCCOc2ccccc2Cl)CC1. The molecule has 0 saturated carbocycles. The normalized spacial score (nSPS) is 16.0. The van der Waals surface area contributed by atoms with Crippen LogP contribution in [0.4, 0.5) is 0 Å². The van der Waals surface area contributed by atoms with Crippen LogP contribution in [0.2, 0.25) is 5.02 Å². The number of nitrogens with one attached hydrogen (secondary N) is 1. The van der Waals surface area contributed by atoms with Gasteiger partial charge in [0, 0.05) is 25.6 Å². The molecule has 0 atom stereocenters. The molecule has 1 saturated heterocycles. The van der Waals surface area contributed by atoms with Crippen LogP contribution in [0.5, 0.6) is 5.75 Å². The summed E-state index contributed by atoms with van der Waals surface area (Å²) in [7, 11) is 1.98. The Morgan fingerprint density at radius 1 is 1.38 bits per heavy atom. The molecule has 0 aromatic heterocycles. The van der Waals surface area contributed by atoms with E-state index in [1.54, 1.807) is 6.07 Å². The van der Waals surface area contributed by atoms with Crippen molar-refractivity contribution >= 4 is 17.5 Å². The van der Waals surface area contributed by atoms with Gasteiger partial charge in [-0.3, -0.25) is 4.79 Å². The average molecular weight is 311 g/mol. The summed E-state index contributed by atoms with van der Waals surface area (Å²) >= 11 is 6.01. The number of piperidine rings is 1. The summed E-state index contributed by atoms with van der Waals surface area (Å²) in [5.74, 6) is 0.911. The van der Waals surface area contributed by atoms with Gasteiger partial charge in [-0.1, -0.05) is 23.7 Å². The largest absolute Gasteiger partial charge is 0.492 e. The van der Waals surface area contributed by atoms with Crippen molar-refractivity contribution in [3.05, 3.63) is 29.3 Å². The summed E-state index contributed by atoms with van der Waals surface area (Å²) in [6.45, 7) is 2.23. The predicted octanol–water partition coefficient (Wildman–Crippen LogP) is 2.71. The number of hydrogen-bond acceptors (Lipinski definition) is 3. The van der Waals surface area contributed by atoms with Crippen LogP contribution in [0.1, 0.15) is 25.7 Å². The first-order chi connectivity index (χ1) is 10.2. The van der Waals surface area contributed by atoms with Crippen LogP contribution in [-0.2, 0) is 4.79 Å². The minimum Gasteiger partial charge on any atom is -0.492 e. The van der Waals surface area contributed by atoms with E-state index in [0.29, 0.717) is 29.8 Å². The lowest BCUT2D eigenvalue weighted by Crippen LogP contribution is -2.43. The Morgan fingerprint density at radius 3 is 2.76 bits per heavy atom. The minimum atomic E-state index is 0.229. The zero-order valence-electron chi connectivity index (χ0n) is 12.5. The molecule has 1 N–H and O–H groups in total. The Bertz CT molecular complexity index is 459. The fraction of sp³-hybridized carbons (Fsp3) is 0.562. The lowest BCUT2D eigenvalue weighted by atomic mass is 10.0. The Labute approximate surface area is 131 Å².